The molecule has 10 nitrogen and oxygen atoms in total. The summed E-state index contributed by atoms with van der Waals surface area (Å²) in [5, 5.41) is 31.7. The van der Waals surface area contributed by atoms with Gasteiger partial charge in [0, 0.05) is 24.2 Å². The van der Waals surface area contributed by atoms with Crippen molar-refractivity contribution in [3.63, 3.8) is 0 Å². The number of hydrogen-bond acceptors (Lipinski definition) is 7. The van der Waals surface area contributed by atoms with E-state index in [2.05, 4.69) is 92.2 Å². The quantitative estimate of drug-likeness (QED) is 0.0808. The number of fused-ring (bicyclic) bond motifs is 10. The molecule has 8 saturated carbocycles. The van der Waals surface area contributed by atoms with Gasteiger partial charge in [0.1, 0.15) is 19.1 Å². The molecule has 0 bridgehead atoms. The summed E-state index contributed by atoms with van der Waals surface area (Å²) >= 11 is 14.8. The van der Waals surface area contributed by atoms with E-state index in [1.54, 1.807) is 17.1 Å². The van der Waals surface area contributed by atoms with Crippen LogP contribution >= 0.6 is 53.4 Å². The van der Waals surface area contributed by atoms with Crippen LogP contribution in [0.25, 0.3) is 9.69 Å². The smallest absolute Gasteiger partial charge is 0.224 e. The van der Waals surface area contributed by atoms with Crippen molar-refractivity contribution in [2.75, 3.05) is 18.7 Å². The Labute approximate surface area is 428 Å². The van der Waals surface area contributed by atoms with Crippen LogP contribution in [0.2, 0.25) is 0 Å². The second kappa shape index (κ2) is 23.1. The molecule has 0 radical (unpaired) electrons. The van der Waals surface area contributed by atoms with Gasteiger partial charge in [-0.1, -0.05) is 49.4 Å². The number of ketones is 2. The normalized spacial score (nSPS) is 40.5. The number of halogens is 3. The van der Waals surface area contributed by atoms with E-state index in [0.29, 0.717) is 99.0 Å². The fourth-order valence-electron chi connectivity index (χ4n) is 16.4. The van der Waals surface area contributed by atoms with Crippen LogP contribution in [-0.4, -0.2) is 75.2 Å². The van der Waals surface area contributed by atoms with Crippen LogP contribution in [0.15, 0.2) is 24.8 Å². The van der Waals surface area contributed by atoms with Crippen molar-refractivity contribution in [2.24, 2.45) is 81.8 Å². The molecular formula is C52H75BrF2N6O4S3. The van der Waals surface area contributed by atoms with Gasteiger partial charge in [0.05, 0.1) is 52.1 Å². The van der Waals surface area contributed by atoms with Gasteiger partial charge in [0.15, 0.2) is 5.78 Å². The van der Waals surface area contributed by atoms with E-state index >= 15 is 0 Å². The van der Waals surface area contributed by atoms with Crippen molar-refractivity contribution in [1.82, 2.24) is 20.0 Å². The molecule has 0 spiro atoms. The standard InChI is InChI=1S/C25H34FN3O2.C21H32BrFO2.C4H3N3.CH2S3.CH4/c1-24-9-7-19-18-8-10-25(31,15-26)11-16(18)3-4-20(19)21(24)5-6-22(24)23(30)14-29-13-17(27-2)12-28-29;1-20-8-6-15-14-7-9-21(25,12-23)10-13(14)2-3-16(15)17(20)4-5-18(20)19(24)11-22;1-5-4-2-6-7-3-4;2-1(3)4;/h12-13,16,18-22,31H,3-11,14-15H2,1H3;13-18,25H,2-12H2,1H3;2-3H,(H,6,7);(H2,2,3,4);1H4/t16-,18+,19-,20-,21+,22-,24+,25-;13-,14+,15-,16-,17+,18-,20+,21-;;;/m11.../s1. The van der Waals surface area contributed by atoms with Gasteiger partial charge in [-0.15, -0.1) is 25.3 Å². The lowest BCUT2D eigenvalue weighted by molar-refractivity contribution is -0.134. The molecule has 376 valence electrons. The largest absolute Gasteiger partial charge is 0.387 e. The maximum Gasteiger partial charge on any atom is 0.224 e. The highest BCUT2D eigenvalue weighted by molar-refractivity contribution is 9.09. The fraction of sp³-hybridized carbons (Fsp3) is 0.788. The van der Waals surface area contributed by atoms with Gasteiger partial charge in [0.25, 0.3) is 0 Å². The van der Waals surface area contributed by atoms with E-state index in [1.165, 1.54) is 50.9 Å². The van der Waals surface area contributed by atoms with Gasteiger partial charge in [-0.3, -0.25) is 19.4 Å². The molecule has 8 aliphatic rings. The summed E-state index contributed by atoms with van der Waals surface area (Å²) in [7, 11) is 0. The molecule has 8 aliphatic carbocycles. The summed E-state index contributed by atoms with van der Waals surface area (Å²) in [5.41, 5.74) is -0.824. The minimum Gasteiger partial charge on any atom is -0.387 e. The Bertz CT molecular complexity index is 2130. The van der Waals surface area contributed by atoms with Crippen LogP contribution in [0.3, 0.4) is 0 Å². The average molecular weight is 1060 g/mol. The Kier molecular flexibility index (Phi) is 18.7. The monoisotopic (exact) mass is 1060 g/mol. The summed E-state index contributed by atoms with van der Waals surface area (Å²) in [6.45, 7) is 17.3. The lowest BCUT2D eigenvalue weighted by Gasteiger charge is -2.56. The number of H-pyrrole nitrogens is 1. The van der Waals surface area contributed by atoms with Crippen molar-refractivity contribution in [3.8, 4) is 0 Å². The van der Waals surface area contributed by atoms with Crippen LogP contribution in [0.1, 0.15) is 137 Å². The van der Waals surface area contributed by atoms with Gasteiger partial charge < -0.3 is 10.2 Å². The molecule has 16 atom stereocenters. The van der Waals surface area contributed by atoms with E-state index < -0.39 is 24.6 Å². The zero-order chi connectivity index (χ0) is 48.3. The molecule has 3 N–H and O–H groups in total. The molecule has 0 unspecified atom stereocenters. The maximum absolute atomic E-state index is 13.4. The molecule has 2 heterocycles. The number of thiocarbonyl (C=S) groups is 1. The van der Waals surface area contributed by atoms with Crippen molar-refractivity contribution >= 4 is 79.9 Å². The molecule has 2 aromatic heterocycles. The van der Waals surface area contributed by atoms with Crippen molar-refractivity contribution in [2.45, 2.75) is 155 Å². The van der Waals surface area contributed by atoms with Gasteiger partial charge in [-0.25, -0.2) is 18.5 Å². The number of carbonyl (C=O) groups is 2. The van der Waals surface area contributed by atoms with Gasteiger partial charge in [-0.05, 0) is 186 Å². The third kappa shape index (κ3) is 11.5. The number of aromatic nitrogens is 4. The first-order chi connectivity index (χ1) is 31.9. The summed E-state index contributed by atoms with van der Waals surface area (Å²) in [5.74, 6) is 7.45. The second-order valence-corrected chi connectivity index (χ2v) is 25.2. The lowest BCUT2D eigenvalue weighted by Crippen LogP contribution is -2.52. The Hall–Kier alpha value is -2.21. The van der Waals surface area contributed by atoms with E-state index in [0.717, 1.165) is 63.2 Å². The van der Waals surface area contributed by atoms with Crippen LogP contribution in [0.5, 0.6) is 0 Å². The molecular weight excluding hydrogens is 987 g/mol. The third-order valence-corrected chi connectivity index (χ3v) is 19.8. The molecule has 0 amide bonds. The van der Waals surface area contributed by atoms with Crippen molar-refractivity contribution < 1.29 is 28.6 Å². The Morgan fingerprint density at radius 1 is 0.750 bits per heavy atom. The number of aromatic amines is 1. The number of nitrogens with one attached hydrogen (secondary N) is 1. The highest BCUT2D eigenvalue weighted by Gasteiger charge is 2.60. The van der Waals surface area contributed by atoms with E-state index in [1.807, 2.05) is 0 Å². The van der Waals surface area contributed by atoms with Gasteiger partial charge in [-0.2, -0.15) is 10.2 Å². The number of Topliss-reactive ketones (excluding diaryl/α,β-unsaturated/α-hetero) is 2. The van der Waals surface area contributed by atoms with Crippen LogP contribution in [-0.2, 0) is 16.1 Å². The highest BCUT2D eigenvalue weighted by atomic mass is 79.9. The molecule has 68 heavy (non-hydrogen) atoms. The molecule has 0 aromatic carbocycles. The van der Waals surface area contributed by atoms with E-state index in [4.69, 9.17) is 13.1 Å². The molecule has 8 fully saturated rings. The average Bonchev–Trinajstić information content (AvgIpc) is 4.15. The Balaban J connectivity index is 0.000000183. The van der Waals surface area contributed by atoms with Crippen molar-refractivity contribution in [1.29, 1.82) is 0 Å². The second-order valence-electron chi connectivity index (χ2n) is 22.3. The highest BCUT2D eigenvalue weighted by Crippen LogP contribution is 2.66. The van der Waals surface area contributed by atoms with E-state index in [-0.39, 0.29) is 42.4 Å². The SMILES string of the molecule is C.C[C@]12CC[C@H]3[C@@H](CC[C@@H]4C[C@@](O)(CF)CC[C@@H]43)[C@@H]1CC[C@@H]2C(=O)CBr.S=C(S)S.[C-]#[N+]c1cn[nH]c1.[C-]#[N+]c1cnn(CC(=O)[C@H]2CC[C@H]3[C@@H]4CC[C@@H]5C[C@@](O)(CF)CC[C@@H]5[C@H]4CC[C@]23C)c1. The number of aliphatic hydroxyl groups is 2. The first-order valence-electron chi connectivity index (χ1n) is 24.8. The minimum atomic E-state index is -1.08. The summed E-state index contributed by atoms with van der Waals surface area (Å²) < 4.78 is 28.6. The molecule has 2 aromatic rings. The zero-order valence-corrected chi connectivity index (χ0v) is 43.4. The molecule has 0 saturated heterocycles. The number of rotatable bonds is 7. The molecule has 16 heteroatoms. The predicted molar refractivity (Wildman–Crippen MR) is 277 cm³/mol. The Morgan fingerprint density at radius 2 is 1.22 bits per heavy atom. The van der Waals surface area contributed by atoms with Gasteiger partial charge >= 0.3 is 0 Å². The van der Waals surface area contributed by atoms with Gasteiger partial charge in [0.2, 0.25) is 11.4 Å². The third-order valence-electron chi connectivity index (χ3n) is 19.3. The number of hydrogen-bond donors (Lipinski definition) is 5. The number of alkyl halides is 3. The molecule has 10 rings (SSSR count). The van der Waals surface area contributed by atoms with Crippen molar-refractivity contribution in [3.05, 3.63) is 47.6 Å². The van der Waals surface area contributed by atoms with E-state index in [9.17, 15) is 28.6 Å². The fourth-order valence-corrected chi connectivity index (χ4v) is 16.8. The number of nitrogens with zero attached hydrogens (tertiary/aromatic N) is 5. The predicted octanol–water partition coefficient (Wildman–Crippen LogP) is 12.6. The Morgan fingerprint density at radius 3 is 1.62 bits per heavy atom. The molecule has 0 aliphatic heterocycles. The zero-order valence-electron chi connectivity index (χ0n) is 39.2. The van der Waals surface area contributed by atoms with Crippen LogP contribution in [0.4, 0.5) is 20.2 Å². The van der Waals surface area contributed by atoms with Crippen LogP contribution in [0, 0.1) is 95.0 Å². The number of thiol groups is 2. The summed E-state index contributed by atoms with van der Waals surface area (Å²) in [6.07, 6.45) is 24.4. The first-order valence-corrected chi connectivity index (χ1v) is 27.2. The summed E-state index contributed by atoms with van der Waals surface area (Å²) in [4.78, 5) is 32.2. The number of carbonyl (C=O) groups excluding carboxylic acids is 2. The lowest BCUT2D eigenvalue weighted by atomic mass is 9.49. The first kappa shape index (κ1) is 55.1. The maximum atomic E-state index is 13.4. The topological polar surface area (TPSA) is 130 Å². The summed E-state index contributed by atoms with van der Waals surface area (Å²) in [6, 6.07) is 0. The van der Waals surface area contributed by atoms with Crippen LogP contribution < -0.4 is 0 Å². The minimum absolute atomic E-state index is 0.